The van der Waals surface area contributed by atoms with Gasteiger partial charge in [-0.15, -0.1) is 0 Å². The molecule has 0 spiro atoms. The van der Waals surface area contributed by atoms with Gasteiger partial charge in [0.25, 0.3) is 0 Å². The van der Waals surface area contributed by atoms with Crippen molar-refractivity contribution < 1.29 is 163 Å². The number of likely N-dealkylation sites (N-methyl/N-ethyl adjacent to an activating group) is 1. The molecule has 0 saturated carbocycles. The smallest absolute Gasteiger partial charge is 0.297 e. The molecule has 0 aromatic heterocycles. The summed E-state index contributed by atoms with van der Waals surface area (Å²) >= 11 is 0. The predicted octanol–water partition coefficient (Wildman–Crippen LogP) is 18.2. The number of nitrogens with zero attached hydrogens (tertiary/aromatic N) is 1. The molecule has 12 aliphatic rings. The van der Waals surface area contributed by atoms with Crippen LogP contribution < -0.4 is 56.0 Å². The molecule has 60 heteroatoms. The summed E-state index contributed by atoms with van der Waals surface area (Å²) in [5.41, 5.74) is -1.35. The first kappa shape index (κ1) is 127. The van der Waals surface area contributed by atoms with Gasteiger partial charge >= 0.3 is 93.0 Å². The summed E-state index contributed by atoms with van der Waals surface area (Å²) in [6.45, 7) is 60.7. The third kappa shape index (κ3) is 47.4. The lowest BCUT2D eigenvalue weighted by Gasteiger charge is -2.37. The van der Waals surface area contributed by atoms with Crippen LogP contribution in [0.15, 0.2) is 0 Å². The van der Waals surface area contributed by atoms with Crippen molar-refractivity contribution in [2.45, 2.75) is 211 Å². The molecule has 0 amide bonds. The summed E-state index contributed by atoms with van der Waals surface area (Å²) in [6, 6.07) is 0. The van der Waals surface area contributed by atoms with Gasteiger partial charge in [0.1, 0.15) is 0 Å². The minimum absolute atomic E-state index is 0.0577. The Morgan fingerprint density at radius 3 is 0.554 bits per heavy atom. The van der Waals surface area contributed by atoms with Crippen LogP contribution in [0.25, 0.3) is 0 Å². The zero-order chi connectivity index (χ0) is 104. The standard InChI is InChI=1S/3C14H30N2O6P2.C13H28N2O6P2.2C12H26N2O6P2/c1-13(2)5-9-19-23(17,20-10-6-13)15-7-8-16-24(18)21-11-14(3,4)12-22-24;2*1-13(2)9-19-23(17,20-10-13)15-7-5-6-8-16-24(18)21-11-14(3,4)12-22-24;1-12(2)8-18-22(16,19-9-12)14-6-7-15(5)23(17)20-10-13(3,4)11-21-23;1-11(2)7-17-21(15,18-8-11)13-5-6-14-22(16)19-9-12(3,4)10-20-22;1-5-12(4)8-19-22(16,20-9-12)14-10-13-21(15)17-6-11(2,3)7-18-21/h3*5-12H2,1-4H3,(H,15,17)(H,16,18);6-11H2,1-5H3,(H,14,16);2*5-10H2,1-4H3,(H,13,15)(H,14,16). The summed E-state index contributed by atoms with van der Waals surface area (Å²) in [6.07, 6.45) is 5.46. The molecule has 48 nitrogen and oxygen atoms in total. The van der Waals surface area contributed by atoms with Crippen LogP contribution >= 0.6 is 93.0 Å². The van der Waals surface area contributed by atoms with Crippen LogP contribution in [-0.2, 0) is 163 Å². The number of hydrogen-bond donors (Lipinski definition) is 11. The molecule has 822 valence electrons. The highest BCUT2D eigenvalue weighted by Gasteiger charge is 2.48. The zero-order valence-corrected chi connectivity index (χ0v) is 97.4. The first-order valence-corrected chi connectivity index (χ1v) is 65.8. The summed E-state index contributed by atoms with van der Waals surface area (Å²) in [7, 11) is -37.5. The van der Waals surface area contributed by atoms with E-state index in [9.17, 15) is 54.8 Å². The molecule has 0 aliphatic carbocycles. The number of unbranched alkanes of at least 4 members (excludes halogenated alkanes) is 2. The maximum Gasteiger partial charge on any atom is 0.407 e. The van der Waals surface area contributed by atoms with Crippen molar-refractivity contribution in [1.29, 1.82) is 0 Å². The molecule has 139 heavy (non-hydrogen) atoms. The van der Waals surface area contributed by atoms with Gasteiger partial charge in [-0.05, 0) is 57.4 Å². The number of nitrogens with one attached hydrogen (secondary N) is 11. The first-order valence-electron chi connectivity index (χ1n) is 47.4. The molecule has 0 atom stereocenters. The van der Waals surface area contributed by atoms with Crippen LogP contribution in [0.1, 0.15) is 211 Å². The monoisotopic (exact) mass is 2230 g/mol. The molecular formula is C79H170N12O36P12. The average Bonchev–Trinajstić information content (AvgIpc) is 0.805. The van der Waals surface area contributed by atoms with Crippen LogP contribution in [-0.4, -0.2) is 242 Å². The van der Waals surface area contributed by atoms with Crippen molar-refractivity contribution >= 4 is 93.0 Å². The highest BCUT2D eigenvalue weighted by atomic mass is 31.2. The summed E-state index contributed by atoms with van der Waals surface area (Å²) in [5, 5.41) is 30.4. The Hall–Kier alpha value is 1.32. The van der Waals surface area contributed by atoms with Gasteiger partial charge in [0.05, 0.1) is 165 Å². The molecule has 0 aromatic rings. The Morgan fingerprint density at radius 2 is 0.360 bits per heavy atom. The second-order valence-electron chi connectivity index (χ2n) is 45.6. The van der Waals surface area contributed by atoms with Crippen LogP contribution in [0.2, 0.25) is 0 Å². The second kappa shape index (κ2) is 52.5. The molecule has 12 saturated heterocycles. The Balaban J connectivity index is 0.000000227. The van der Waals surface area contributed by atoms with Crippen molar-refractivity contribution in [3.8, 4) is 0 Å². The van der Waals surface area contributed by atoms with Gasteiger partial charge in [0, 0.05) is 125 Å². The van der Waals surface area contributed by atoms with Crippen molar-refractivity contribution in [1.82, 2.24) is 60.6 Å². The number of rotatable bonds is 34. The largest absolute Gasteiger partial charge is 0.407 e. The Morgan fingerprint density at radius 1 is 0.201 bits per heavy atom. The van der Waals surface area contributed by atoms with Crippen molar-refractivity contribution in [3.63, 3.8) is 0 Å². The van der Waals surface area contributed by atoms with Gasteiger partial charge in [-0.1, -0.05) is 166 Å². The van der Waals surface area contributed by atoms with E-state index in [1.54, 1.807) is 7.05 Å². The van der Waals surface area contributed by atoms with E-state index in [-0.39, 0.29) is 104 Å². The lowest BCUT2D eigenvalue weighted by atomic mass is 9.86. The highest BCUT2D eigenvalue weighted by molar-refractivity contribution is 7.55. The van der Waals surface area contributed by atoms with Crippen molar-refractivity contribution in [2.75, 3.05) is 238 Å². The molecule has 12 heterocycles. The quantitative estimate of drug-likeness (QED) is 0.0162. The van der Waals surface area contributed by atoms with E-state index < -0.39 is 93.0 Å². The van der Waals surface area contributed by atoms with Gasteiger partial charge in [0.2, 0.25) is 0 Å². The van der Waals surface area contributed by atoms with Crippen LogP contribution in [0.3, 0.4) is 0 Å². The van der Waals surface area contributed by atoms with Gasteiger partial charge in [-0.3, -0.25) is 109 Å². The van der Waals surface area contributed by atoms with E-state index in [4.69, 9.17) is 109 Å². The highest BCUT2D eigenvalue weighted by Crippen LogP contribution is 2.61. The van der Waals surface area contributed by atoms with E-state index in [2.05, 4.69) is 69.8 Å². The molecule has 12 fully saturated rings. The molecule has 12 rings (SSSR count). The fourth-order valence-corrected chi connectivity index (χ4v) is 31.8. The Labute approximate surface area is 826 Å². The average molecular weight is 2240 g/mol. The molecule has 0 bridgehead atoms. The van der Waals surface area contributed by atoms with Crippen molar-refractivity contribution in [3.05, 3.63) is 0 Å². The summed E-state index contributed by atoms with van der Waals surface area (Å²) < 4.78 is 277. The maximum absolute atomic E-state index is 12.6. The minimum atomic E-state index is -3.37. The predicted molar refractivity (Wildman–Crippen MR) is 528 cm³/mol. The fraction of sp³-hybridized carbons (Fsp3) is 1.00. The van der Waals surface area contributed by atoms with Crippen molar-refractivity contribution in [2.24, 2.45) is 65.0 Å². The molecule has 0 unspecified atom stereocenters. The van der Waals surface area contributed by atoms with E-state index in [0.717, 1.165) is 44.9 Å². The van der Waals surface area contributed by atoms with Gasteiger partial charge in [-0.2, -0.15) is 0 Å². The Bertz CT molecular complexity index is 4100. The number of hydrogen-bond acceptors (Lipinski definition) is 36. The molecular weight excluding hydrogens is 2060 g/mol. The summed E-state index contributed by atoms with van der Waals surface area (Å²) in [4.78, 5) is 0. The normalized spacial score (nSPS) is 29.8. The van der Waals surface area contributed by atoms with Crippen LogP contribution in [0, 0.1) is 65.0 Å². The van der Waals surface area contributed by atoms with E-state index in [0.29, 0.717) is 191 Å². The van der Waals surface area contributed by atoms with Crippen LogP contribution in [0.5, 0.6) is 0 Å². The van der Waals surface area contributed by atoms with E-state index in [1.807, 2.05) is 152 Å². The molecule has 12 aliphatic heterocycles. The SMILES string of the molecule is CC1(C)CCOP(=O)(NCCNP2(=O)OCC(C)(C)CO2)OCC1.CC1(C)COP(=O)(NCCCCNP2(=O)OCC(C)(C)CO2)OC1.CC1(C)COP(=O)(NCCCCNP2(=O)OCC(C)(C)CO2)OC1.CC1(C)COP(=O)(NCCNP2(=O)OCC(C)(C)CO2)OC1.CCC1(C)COP(=O)(NCNP2(=O)OCC(C)(C)CO2)OC1.CN(CCNP1(=O)OCC(C)(C)CO1)P1(=O)OCC(C)(C)CO1. The van der Waals surface area contributed by atoms with E-state index in [1.165, 1.54) is 4.67 Å². The lowest BCUT2D eigenvalue weighted by Crippen LogP contribution is -2.38. The van der Waals surface area contributed by atoms with E-state index >= 15 is 0 Å². The topological polar surface area (TPSA) is 562 Å². The zero-order valence-electron chi connectivity index (χ0n) is 86.7. The molecule has 0 aromatic carbocycles. The third-order valence-electron chi connectivity index (χ3n) is 22.2. The molecule has 11 N–H and O–H groups in total. The third-order valence-corrected chi connectivity index (χ3v) is 41.2. The summed E-state index contributed by atoms with van der Waals surface area (Å²) in [5.74, 6) is 0. The van der Waals surface area contributed by atoms with Gasteiger partial charge < -0.3 is 0 Å². The lowest BCUT2D eigenvalue weighted by molar-refractivity contribution is 0.0222. The minimum Gasteiger partial charge on any atom is -0.297 e. The Kier molecular flexibility index (Phi) is 48.1. The second-order valence-corrected chi connectivity index (χ2v) is 67.8. The van der Waals surface area contributed by atoms with Gasteiger partial charge in [-0.25, -0.2) is 115 Å². The molecule has 0 radical (unpaired) electrons. The van der Waals surface area contributed by atoms with Crippen LogP contribution in [0.4, 0.5) is 0 Å². The fourth-order valence-electron chi connectivity index (χ4n) is 11.8. The maximum atomic E-state index is 12.6. The van der Waals surface area contributed by atoms with Gasteiger partial charge in [0.15, 0.2) is 0 Å². The first-order chi connectivity index (χ1) is 63.7.